The summed E-state index contributed by atoms with van der Waals surface area (Å²) in [4.78, 5) is 21.3. The van der Waals surface area contributed by atoms with Gasteiger partial charge in [-0.05, 0) is 49.2 Å². The molecule has 4 rings (SSSR count). The molecule has 2 N–H and O–H groups in total. The summed E-state index contributed by atoms with van der Waals surface area (Å²) in [5.41, 5.74) is 2.28. The van der Waals surface area contributed by atoms with Crippen LogP contribution < -0.4 is 10.6 Å². The molecule has 6 nitrogen and oxygen atoms in total. The van der Waals surface area contributed by atoms with E-state index >= 15 is 0 Å². The fraction of sp³-hybridized carbons (Fsp3) is 0.316. The smallest absolute Gasteiger partial charge is 0.237 e. The second kappa shape index (κ2) is 7.62. The van der Waals surface area contributed by atoms with E-state index in [9.17, 15) is 9.18 Å². The lowest BCUT2D eigenvalue weighted by molar-refractivity contribution is -0.123. The predicted molar refractivity (Wildman–Crippen MR) is 101 cm³/mol. The molecule has 1 unspecified atom stereocenters. The molecule has 140 valence electrons. The van der Waals surface area contributed by atoms with Gasteiger partial charge in [0.05, 0.1) is 24.2 Å². The molecule has 2 aromatic heterocycles. The molecule has 1 fully saturated rings. The molecule has 1 aliphatic rings. The van der Waals surface area contributed by atoms with Crippen molar-refractivity contribution in [2.45, 2.75) is 32.0 Å². The highest BCUT2D eigenvalue weighted by molar-refractivity contribution is 6.30. The number of imidazole rings is 1. The van der Waals surface area contributed by atoms with Gasteiger partial charge in [0.15, 0.2) is 5.65 Å². The van der Waals surface area contributed by atoms with Gasteiger partial charge in [-0.15, -0.1) is 0 Å². The number of rotatable bonds is 5. The van der Waals surface area contributed by atoms with Crippen molar-refractivity contribution in [1.82, 2.24) is 25.2 Å². The summed E-state index contributed by atoms with van der Waals surface area (Å²) in [5.74, 6) is 0.213. The molecule has 0 bridgehead atoms. The average Bonchev–Trinajstić information content (AvgIpc) is 3.32. The van der Waals surface area contributed by atoms with E-state index in [0.717, 1.165) is 30.5 Å². The maximum Gasteiger partial charge on any atom is 0.237 e. The number of benzene rings is 1. The zero-order valence-corrected chi connectivity index (χ0v) is 15.3. The van der Waals surface area contributed by atoms with Crippen molar-refractivity contribution in [2.75, 3.05) is 6.54 Å². The minimum Gasteiger partial charge on any atom is -0.348 e. The third-order valence-corrected chi connectivity index (χ3v) is 4.99. The molecule has 1 aliphatic heterocycles. The molecule has 27 heavy (non-hydrogen) atoms. The number of pyridine rings is 1. The van der Waals surface area contributed by atoms with E-state index in [1.165, 1.54) is 6.07 Å². The van der Waals surface area contributed by atoms with Gasteiger partial charge in [-0.25, -0.2) is 14.4 Å². The molecular weight excluding hydrogens is 369 g/mol. The molecule has 1 atom stereocenters. The molecule has 0 aliphatic carbocycles. The van der Waals surface area contributed by atoms with Crippen molar-refractivity contribution in [3.8, 4) is 0 Å². The number of carbonyl (C=O) groups is 1. The molecule has 0 radical (unpaired) electrons. The predicted octanol–water partition coefficient (Wildman–Crippen LogP) is 2.64. The lowest BCUT2D eigenvalue weighted by atomic mass is 10.2. The van der Waals surface area contributed by atoms with Gasteiger partial charge < -0.3 is 15.2 Å². The first-order valence-corrected chi connectivity index (χ1v) is 9.25. The van der Waals surface area contributed by atoms with Crippen molar-refractivity contribution >= 4 is 28.7 Å². The van der Waals surface area contributed by atoms with Crippen molar-refractivity contribution in [1.29, 1.82) is 0 Å². The molecule has 8 heteroatoms. The summed E-state index contributed by atoms with van der Waals surface area (Å²) >= 11 is 5.91. The number of amides is 1. The first kappa shape index (κ1) is 17.9. The van der Waals surface area contributed by atoms with Crippen LogP contribution in [-0.4, -0.2) is 33.0 Å². The summed E-state index contributed by atoms with van der Waals surface area (Å²) in [7, 11) is 0. The van der Waals surface area contributed by atoms with Crippen LogP contribution in [0, 0.1) is 5.82 Å². The van der Waals surface area contributed by atoms with Crippen LogP contribution in [0.2, 0.25) is 5.02 Å². The van der Waals surface area contributed by atoms with Gasteiger partial charge in [-0.3, -0.25) is 4.79 Å². The topological polar surface area (TPSA) is 71.8 Å². The molecule has 1 aromatic carbocycles. The molecule has 0 saturated carbocycles. The highest BCUT2D eigenvalue weighted by Crippen LogP contribution is 2.20. The van der Waals surface area contributed by atoms with Crippen LogP contribution in [0.1, 0.15) is 24.2 Å². The minimum absolute atomic E-state index is 0.0242. The summed E-state index contributed by atoms with van der Waals surface area (Å²) in [6.45, 7) is 1.59. The quantitative estimate of drug-likeness (QED) is 0.706. The second-order valence-corrected chi connectivity index (χ2v) is 6.98. The van der Waals surface area contributed by atoms with Gasteiger partial charge >= 0.3 is 0 Å². The summed E-state index contributed by atoms with van der Waals surface area (Å²) < 4.78 is 15.4. The Hall–Kier alpha value is -2.51. The Kier molecular flexibility index (Phi) is 5.05. The number of hydrogen-bond acceptors (Lipinski definition) is 4. The summed E-state index contributed by atoms with van der Waals surface area (Å²) in [6.07, 6.45) is 3.55. The fourth-order valence-corrected chi connectivity index (χ4v) is 3.53. The lowest BCUT2D eigenvalue weighted by Gasteiger charge is -2.13. The lowest BCUT2D eigenvalue weighted by Crippen LogP contribution is -2.40. The van der Waals surface area contributed by atoms with Crippen molar-refractivity contribution in [2.24, 2.45) is 0 Å². The highest BCUT2D eigenvalue weighted by Gasteiger charge is 2.22. The normalized spacial score (nSPS) is 16.7. The van der Waals surface area contributed by atoms with Crippen LogP contribution in [0.3, 0.4) is 0 Å². The molecule has 3 heterocycles. The Morgan fingerprint density at radius 1 is 1.41 bits per heavy atom. The minimum atomic E-state index is -0.453. The van der Waals surface area contributed by atoms with Crippen LogP contribution in [0.4, 0.5) is 4.39 Å². The van der Waals surface area contributed by atoms with Gasteiger partial charge in [0, 0.05) is 6.20 Å². The Labute approximate surface area is 160 Å². The third-order valence-electron chi connectivity index (χ3n) is 4.71. The SMILES string of the molecule is O=C(NCc1nc2cccnc2n1Cc1ccc(F)c(Cl)c1)C1CCCN1. The van der Waals surface area contributed by atoms with Gasteiger partial charge in [-0.1, -0.05) is 17.7 Å². The van der Waals surface area contributed by atoms with E-state index < -0.39 is 5.82 Å². The van der Waals surface area contributed by atoms with Crippen molar-refractivity contribution < 1.29 is 9.18 Å². The van der Waals surface area contributed by atoms with E-state index in [4.69, 9.17) is 11.6 Å². The van der Waals surface area contributed by atoms with Crippen molar-refractivity contribution in [3.05, 3.63) is 58.8 Å². The number of hydrogen-bond donors (Lipinski definition) is 2. The Morgan fingerprint density at radius 3 is 3.07 bits per heavy atom. The van der Waals surface area contributed by atoms with Crippen molar-refractivity contribution in [3.63, 3.8) is 0 Å². The van der Waals surface area contributed by atoms with Crippen LogP contribution >= 0.6 is 11.6 Å². The van der Waals surface area contributed by atoms with E-state index in [2.05, 4.69) is 20.6 Å². The van der Waals surface area contributed by atoms with E-state index in [1.54, 1.807) is 18.3 Å². The number of halogens is 2. The maximum absolute atomic E-state index is 13.5. The first-order chi connectivity index (χ1) is 13.1. The van der Waals surface area contributed by atoms with Gasteiger partial charge in [0.1, 0.15) is 17.2 Å². The number of fused-ring (bicyclic) bond motifs is 1. The molecule has 0 spiro atoms. The maximum atomic E-state index is 13.5. The standard InChI is InChI=1S/C19H19ClFN5O/c20-13-9-12(5-6-14(13)21)11-26-17(25-15-3-1-8-23-18(15)26)10-24-19(27)16-4-2-7-22-16/h1,3,5-6,8-9,16,22H,2,4,7,10-11H2,(H,24,27). The zero-order chi connectivity index (χ0) is 18.8. The van der Waals surface area contributed by atoms with E-state index in [1.807, 2.05) is 16.7 Å². The summed E-state index contributed by atoms with van der Waals surface area (Å²) in [6, 6.07) is 8.17. The van der Waals surface area contributed by atoms with Crippen LogP contribution in [0.15, 0.2) is 36.5 Å². The van der Waals surface area contributed by atoms with Gasteiger partial charge in [-0.2, -0.15) is 0 Å². The third kappa shape index (κ3) is 3.79. The van der Waals surface area contributed by atoms with Gasteiger partial charge in [0.25, 0.3) is 0 Å². The first-order valence-electron chi connectivity index (χ1n) is 8.87. The summed E-state index contributed by atoms with van der Waals surface area (Å²) in [5, 5.41) is 6.21. The Balaban J connectivity index is 1.60. The number of nitrogens with one attached hydrogen (secondary N) is 2. The Morgan fingerprint density at radius 2 is 2.30 bits per heavy atom. The van der Waals surface area contributed by atoms with Crippen LogP contribution in [0.5, 0.6) is 0 Å². The van der Waals surface area contributed by atoms with Gasteiger partial charge in [0.2, 0.25) is 5.91 Å². The number of nitrogens with zero attached hydrogens (tertiary/aromatic N) is 3. The van der Waals surface area contributed by atoms with E-state index in [-0.39, 0.29) is 17.0 Å². The fourth-order valence-electron chi connectivity index (χ4n) is 3.32. The zero-order valence-electron chi connectivity index (χ0n) is 14.6. The molecule has 3 aromatic rings. The Bertz CT molecular complexity index is 983. The monoisotopic (exact) mass is 387 g/mol. The largest absolute Gasteiger partial charge is 0.348 e. The second-order valence-electron chi connectivity index (χ2n) is 6.58. The molecular formula is C19H19ClFN5O. The van der Waals surface area contributed by atoms with Crippen LogP contribution in [-0.2, 0) is 17.9 Å². The van der Waals surface area contributed by atoms with E-state index in [0.29, 0.717) is 24.6 Å². The molecule has 1 saturated heterocycles. The molecule has 1 amide bonds. The highest BCUT2D eigenvalue weighted by atomic mass is 35.5. The average molecular weight is 388 g/mol. The number of aromatic nitrogens is 3. The van der Waals surface area contributed by atoms with Crippen LogP contribution in [0.25, 0.3) is 11.2 Å². The number of carbonyl (C=O) groups excluding carboxylic acids is 1.